The molecule has 5 N–H and O–H groups in total. The molecule has 0 unspecified atom stereocenters. The molecule has 9 heteroatoms. The Morgan fingerprint density at radius 1 is 1.23 bits per heavy atom. The third kappa shape index (κ3) is 6.09. The molecular formula is C21H40N2O6S. The Labute approximate surface area is 184 Å². The predicted molar refractivity (Wildman–Crippen MR) is 117 cm³/mol. The zero-order valence-corrected chi connectivity index (χ0v) is 19.4. The van der Waals surface area contributed by atoms with Crippen LogP contribution in [0.5, 0.6) is 0 Å². The van der Waals surface area contributed by atoms with Gasteiger partial charge in [-0.25, -0.2) is 0 Å². The molecule has 0 spiro atoms. The van der Waals surface area contributed by atoms with Gasteiger partial charge in [-0.3, -0.25) is 9.69 Å². The number of amides is 1. The topological polar surface area (TPSA) is 122 Å². The van der Waals surface area contributed by atoms with Gasteiger partial charge in [-0.1, -0.05) is 33.6 Å². The molecule has 0 saturated carbocycles. The molecule has 0 aromatic carbocycles. The summed E-state index contributed by atoms with van der Waals surface area (Å²) in [6, 6.07) is -0.858. The normalized spacial score (nSPS) is 36.6. The van der Waals surface area contributed by atoms with Crippen LogP contribution < -0.4 is 5.32 Å². The maximum absolute atomic E-state index is 13.3. The van der Waals surface area contributed by atoms with Crippen molar-refractivity contribution in [1.29, 1.82) is 0 Å². The van der Waals surface area contributed by atoms with Gasteiger partial charge in [-0.15, -0.1) is 11.8 Å². The number of aliphatic hydroxyl groups excluding tert-OH is 4. The summed E-state index contributed by atoms with van der Waals surface area (Å²) in [5.41, 5.74) is -0.680. The first kappa shape index (κ1) is 25.8. The molecule has 0 aliphatic carbocycles. The molecule has 1 amide bonds. The van der Waals surface area contributed by atoms with Gasteiger partial charge in [0.15, 0.2) is 0 Å². The molecule has 30 heavy (non-hydrogen) atoms. The molecular weight excluding hydrogens is 408 g/mol. The van der Waals surface area contributed by atoms with Crippen LogP contribution in [0.1, 0.15) is 46.5 Å². The lowest BCUT2D eigenvalue weighted by Crippen LogP contribution is -2.65. The second kappa shape index (κ2) is 12.0. The van der Waals surface area contributed by atoms with E-state index in [0.29, 0.717) is 12.5 Å². The van der Waals surface area contributed by atoms with Gasteiger partial charge >= 0.3 is 0 Å². The number of thioether (sulfide) groups is 1. The van der Waals surface area contributed by atoms with E-state index < -0.39 is 35.9 Å². The van der Waals surface area contributed by atoms with E-state index in [1.165, 1.54) is 11.8 Å². The van der Waals surface area contributed by atoms with Crippen molar-refractivity contribution >= 4 is 17.7 Å². The number of carbonyl (C=O) groups excluding carboxylic acids is 1. The summed E-state index contributed by atoms with van der Waals surface area (Å²) in [6.07, 6.45) is 1.02. The Bertz CT molecular complexity index is 538. The number of hydrogen-bond acceptors (Lipinski definition) is 8. The number of aliphatic hydroxyl groups is 4. The molecule has 2 aliphatic rings. The highest BCUT2D eigenvalue weighted by Crippen LogP contribution is 2.31. The van der Waals surface area contributed by atoms with Gasteiger partial charge in [0.2, 0.25) is 5.91 Å². The number of β-amino-alcohol motifs (C(OH)–C–C–N with tert-alkyl or cyclic N) is 1. The summed E-state index contributed by atoms with van der Waals surface area (Å²) in [5, 5.41) is 43.5. The first-order valence-corrected chi connectivity index (χ1v) is 12.4. The minimum Gasteiger partial charge on any atom is -0.395 e. The van der Waals surface area contributed by atoms with Crippen molar-refractivity contribution in [2.24, 2.45) is 11.8 Å². The summed E-state index contributed by atoms with van der Waals surface area (Å²) in [5.74, 6) is 0.285. The summed E-state index contributed by atoms with van der Waals surface area (Å²) < 4.78 is 5.91. The Balaban J connectivity index is 2.16. The van der Waals surface area contributed by atoms with Crippen LogP contribution in [0.2, 0.25) is 0 Å². The molecule has 2 aliphatic heterocycles. The minimum atomic E-state index is -1.34. The SMILES string of the molecule is CCC[C@@H]1CCN(CCO)[C@H](C(=O)N[C@H](C(C)C)[C@H]2O[C@H](SC)[C@H](O)[C@@H](O)[C@H]2O)C1. The third-order valence-electron chi connectivity index (χ3n) is 6.43. The fourth-order valence-electron chi connectivity index (χ4n) is 4.68. The van der Waals surface area contributed by atoms with Crippen LogP contribution in [-0.2, 0) is 9.53 Å². The summed E-state index contributed by atoms with van der Waals surface area (Å²) in [6.45, 7) is 7.23. The smallest absolute Gasteiger partial charge is 0.237 e. The van der Waals surface area contributed by atoms with Gasteiger partial charge in [-0.05, 0) is 37.5 Å². The van der Waals surface area contributed by atoms with E-state index in [1.54, 1.807) is 6.26 Å². The van der Waals surface area contributed by atoms with Crippen molar-refractivity contribution in [3.05, 3.63) is 0 Å². The summed E-state index contributed by atoms with van der Waals surface area (Å²) in [7, 11) is 0. The van der Waals surface area contributed by atoms with E-state index in [1.807, 2.05) is 18.7 Å². The molecule has 2 heterocycles. The number of hydrogen-bond donors (Lipinski definition) is 5. The van der Waals surface area contributed by atoms with Gasteiger partial charge in [0.1, 0.15) is 29.9 Å². The molecule has 8 atom stereocenters. The van der Waals surface area contributed by atoms with E-state index in [2.05, 4.69) is 12.2 Å². The lowest BCUT2D eigenvalue weighted by atomic mass is 9.85. The fourth-order valence-corrected chi connectivity index (χ4v) is 5.36. The van der Waals surface area contributed by atoms with E-state index in [0.717, 1.165) is 32.2 Å². The second-order valence-corrected chi connectivity index (χ2v) is 9.85. The predicted octanol–water partition coefficient (Wildman–Crippen LogP) is 0.171. The highest BCUT2D eigenvalue weighted by Gasteiger charge is 2.48. The number of ether oxygens (including phenoxy) is 1. The molecule has 176 valence electrons. The van der Waals surface area contributed by atoms with E-state index in [9.17, 15) is 25.2 Å². The molecule has 8 nitrogen and oxygen atoms in total. The Hall–Kier alpha value is -0.420. The van der Waals surface area contributed by atoms with Gasteiger partial charge in [0, 0.05) is 6.54 Å². The number of carbonyl (C=O) groups is 1. The molecule has 0 bridgehead atoms. The van der Waals surface area contributed by atoms with Gasteiger partial charge in [-0.2, -0.15) is 0 Å². The first-order chi connectivity index (χ1) is 14.2. The number of piperidine rings is 1. The van der Waals surface area contributed by atoms with Crippen LogP contribution >= 0.6 is 11.8 Å². The molecule has 2 fully saturated rings. The second-order valence-electron chi connectivity index (χ2n) is 8.91. The van der Waals surface area contributed by atoms with Crippen molar-refractivity contribution in [2.75, 3.05) is 26.0 Å². The zero-order valence-electron chi connectivity index (χ0n) is 18.6. The fraction of sp³-hybridized carbons (Fsp3) is 0.952. The number of rotatable bonds is 9. The molecule has 0 aromatic heterocycles. The van der Waals surface area contributed by atoms with Crippen molar-refractivity contribution in [3.8, 4) is 0 Å². The van der Waals surface area contributed by atoms with Gasteiger partial charge in [0.05, 0.1) is 18.7 Å². The van der Waals surface area contributed by atoms with Crippen LogP contribution in [0.3, 0.4) is 0 Å². The maximum atomic E-state index is 13.3. The Kier molecular flexibility index (Phi) is 10.3. The average molecular weight is 449 g/mol. The average Bonchev–Trinajstić information content (AvgIpc) is 2.72. The maximum Gasteiger partial charge on any atom is 0.237 e. The van der Waals surface area contributed by atoms with Crippen molar-refractivity contribution < 1.29 is 30.0 Å². The van der Waals surface area contributed by atoms with E-state index in [4.69, 9.17) is 4.74 Å². The van der Waals surface area contributed by atoms with E-state index >= 15 is 0 Å². The standard InChI is InChI=1S/C21H40N2O6S/c1-5-6-13-7-8-23(9-10-24)14(11-13)20(28)22-15(12(2)3)19-17(26)16(25)18(27)21(29-19)30-4/h12-19,21,24-27H,5-11H2,1-4H3,(H,22,28)/t13-,14+,15-,16+,17-,18-,19-,21-/m1/s1. The highest BCUT2D eigenvalue weighted by molar-refractivity contribution is 7.99. The summed E-state index contributed by atoms with van der Waals surface area (Å²) in [4.78, 5) is 15.3. The third-order valence-corrected chi connectivity index (χ3v) is 7.28. The summed E-state index contributed by atoms with van der Waals surface area (Å²) >= 11 is 1.26. The quantitative estimate of drug-likeness (QED) is 0.338. The van der Waals surface area contributed by atoms with Crippen molar-refractivity contribution in [1.82, 2.24) is 10.2 Å². The Morgan fingerprint density at radius 3 is 2.50 bits per heavy atom. The largest absolute Gasteiger partial charge is 0.395 e. The zero-order chi connectivity index (χ0) is 22.4. The van der Waals surface area contributed by atoms with Crippen LogP contribution in [0.25, 0.3) is 0 Å². The van der Waals surface area contributed by atoms with Crippen LogP contribution in [0.15, 0.2) is 0 Å². The first-order valence-electron chi connectivity index (χ1n) is 11.1. The van der Waals surface area contributed by atoms with Crippen LogP contribution in [0.4, 0.5) is 0 Å². The Morgan fingerprint density at radius 2 is 1.93 bits per heavy atom. The molecule has 0 radical (unpaired) electrons. The number of likely N-dealkylation sites (tertiary alicyclic amines) is 1. The highest BCUT2D eigenvalue weighted by atomic mass is 32.2. The minimum absolute atomic E-state index is 0.000230. The van der Waals surface area contributed by atoms with Gasteiger partial charge in [0.25, 0.3) is 0 Å². The number of nitrogens with one attached hydrogen (secondary N) is 1. The monoisotopic (exact) mass is 448 g/mol. The van der Waals surface area contributed by atoms with Crippen molar-refractivity contribution in [3.63, 3.8) is 0 Å². The van der Waals surface area contributed by atoms with E-state index in [-0.39, 0.29) is 24.5 Å². The lowest BCUT2D eigenvalue weighted by molar-refractivity contribution is -0.208. The van der Waals surface area contributed by atoms with Crippen LogP contribution in [-0.4, -0.2) is 99.1 Å². The molecule has 2 rings (SSSR count). The van der Waals surface area contributed by atoms with Crippen molar-refractivity contribution in [2.45, 2.75) is 88.4 Å². The lowest BCUT2D eigenvalue weighted by Gasteiger charge is -2.45. The molecule has 2 saturated heterocycles. The number of nitrogens with zero attached hydrogens (tertiary/aromatic N) is 1. The van der Waals surface area contributed by atoms with Gasteiger partial charge < -0.3 is 30.5 Å². The van der Waals surface area contributed by atoms with Crippen LogP contribution in [0, 0.1) is 11.8 Å². The molecule has 0 aromatic rings.